The molecule has 0 aliphatic carbocycles. The van der Waals surface area contributed by atoms with Crippen LogP contribution in [0.2, 0.25) is 0 Å². The number of aromatic nitrogens is 3. The molecular formula is C18H15FN4OS2. The summed E-state index contributed by atoms with van der Waals surface area (Å²) in [5, 5.41) is 8.99. The number of benzene rings is 2. The minimum Gasteiger partial charge on any atom is -0.423 e. The summed E-state index contributed by atoms with van der Waals surface area (Å²) in [4.78, 5) is 4.63. The van der Waals surface area contributed by atoms with E-state index in [0.717, 1.165) is 26.4 Å². The van der Waals surface area contributed by atoms with Gasteiger partial charge in [-0.3, -0.25) is 4.72 Å². The lowest BCUT2D eigenvalue weighted by molar-refractivity contribution is 0.455. The van der Waals surface area contributed by atoms with E-state index < -0.39 is 0 Å². The number of nitrogens with one attached hydrogen (secondary N) is 1. The minimum atomic E-state index is -0.240. The van der Waals surface area contributed by atoms with Crippen molar-refractivity contribution < 1.29 is 8.81 Å². The molecule has 0 spiro atoms. The van der Waals surface area contributed by atoms with Crippen LogP contribution in [0.5, 0.6) is 0 Å². The Labute approximate surface area is 157 Å². The third-order valence-electron chi connectivity index (χ3n) is 3.77. The smallest absolute Gasteiger partial charge is 0.231 e. The Balaban J connectivity index is 1.56. The first-order valence-electron chi connectivity index (χ1n) is 7.94. The second-order valence-electron chi connectivity index (χ2n) is 5.59. The van der Waals surface area contributed by atoms with Gasteiger partial charge in [-0.2, -0.15) is 0 Å². The van der Waals surface area contributed by atoms with Crippen molar-refractivity contribution in [2.24, 2.45) is 0 Å². The maximum absolute atomic E-state index is 13.5. The number of hydrogen-bond donors (Lipinski definition) is 1. The standard InChI is InChI=1S/C18H15FN4OS2/c1-25-20-10-17-23-22-16(24-17)9-18-21-14-6-5-12(8-15(14)26-18)11-3-2-4-13(19)7-11/h2-8,20H,9-10H2,1H3. The number of halogens is 1. The molecule has 0 saturated carbocycles. The Morgan fingerprint density at radius 2 is 1.96 bits per heavy atom. The van der Waals surface area contributed by atoms with E-state index in [2.05, 4.69) is 19.9 Å². The van der Waals surface area contributed by atoms with Gasteiger partial charge in [0.05, 0.1) is 23.2 Å². The number of thiazole rings is 1. The molecule has 0 aliphatic heterocycles. The largest absolute Gasteiger partial charge is 0.423 e. The van der Waals surface area contributed by atoms with Crippen molar-refractivity contribution in [3.05, 3.63) is 65.1 Å². The average molecular weight is 386 g/mol. The molecule has 0 radical (unpaired) electrons. The number of hydrogen-bond acceptors (Lipinski definition) is 7. The molecule has 132 valence electrons. The van der Waals surface area contributed by atoms with Crippen LogP contribution in [0.15, 0.2) is 46.9 Å². The summed E-state index contributed by atoms with van der Waals surface area (Å²) < 4.78 is 23.2. The molecule has 2 heterocycles. The van der Waals surface area contributed by atoms with Crippen LogP contribution in [0.25, 0.3) is 21.3 Å². The Morgan fingerprint density at radius 3 is 2.81 bits per heavy atom. The van der Waals surface area contributed by atoms with Gasteiger partial charge in [0.2, 0.25) is 11.8 Å². The van der Waals surface area contributed by atoms with Gasteiger partial charge in [-0.25, -0.2) is 9.37 Å². The first-order valence-corrected chi connectivity index (χ1v) is 9.98. The SMILES string of the molecule is CSNCc1nnc(Cc2nc3ccc(-c4cccc(F)c4)cc3s2)o1. The fourth-order valence-corrected chi connectivity index (χ4v) is 3.86. The van der Waals surface area contributed by atoms with Crippen molar-refractivity contribution in [2.45, 2.75) is 13.0 Å². The van der Waals surface area contributed by atoms with Gasteiger partial charge in [-0.1, -0.05) is 30.1 Å². The first-order chi connectivity index (χ1) is 12.7. The Kier molecular flexibility index (Phi) is 4.96. The minimum absolute atomic E-state index is 0.240. The molecule has 2 aromatic heterocycles. The van der Waals surface area contributed by atoms with E-state index >= 15 is 0 Å². The van der Waals surface area contributed by atoms with Crippen LogP contribution in [0.1, 0.15) is 16.8 Å². The predicted molar refractivity (Wildman–Crippen MR) is 102 cm³/mol. The highest BCUT2D eigenvalue weighted by molar-refractivity contribution is 7.96. The van der Waals surface area contributed by atoms with Crippen molar-refractivity contribution in [3.8, 4) is 11.1 Å². The maximum Gasteiger partial charge on any atom is 0.231 e. The third kappa shape index (κ3) is 3.77. The molecule has 2 aromatic carbocycles. The Bertz CT molecular complexity index is 1050. The fourth-order valence-electron chi connectivity index (χ4n) is 2.59. The van der Waals surface area contributed by atoms with Crippen LogP contribution < -0.4 is 4.72 Å². The van der Waals surface area contributed by atoms with Gasteiger partial charge in [0.15, 0.2) is 0 Å². The molecule has 26 heavy (non-hydrogen) atoms. The van der Waals surface area contributed by atoms with Gasteiger partial charge >= 0.3 is 0 Å². The normalized spacial score (nSPS) is 11.3. The molecule has 1 N–H and O–H groups in total. The molecule has 0 aliphatic rings. The number of rotatable bonds is 6. The summed E-state index contributed by atoms with van der Waals surface area (Å²) >= 11 is 3.08. The zero-order valence-corrected chi connectivity index (χ0v) is 15.5. The molecule has 8 heteroatoms. The van der Waals surface area contributed by atoms with E-state index in [4.69, 9.17) is 4.42 Å². The molecular weight excluding hydrogens is 371 g/mol. The zero-order chi connectivity index (χ0) is 17.9. The maximum atomic E-state index is 13.5. The molecule has 5 nitrogen and oxygen atoms in total. The highest BCUT2D eigenvalue weighted by Gasteiger charge is 2.11. The topological polar surface area (TPSA) is 63.8 Å². The quantitative estimate of drug-likeness (QED) is 0.494. The van der Waals surface area contributed by atoms with Crippen LogP contribution in [0.3, 0.4) is 0 Å². The lowest BCUT2D eigenvalue weighted by Gasteiger charge is -2.01. The molecule has 4 rings (SSSR count). The van der Waals surface area contributed by atoms with Crippen molar-refractivity contribution in [3.63, 3.8) is 0 Å². The molecule has 0 amide bonds. The van der Waals surface area contributed by atoms with Crippen LogP contribution in [-0.2, 0) is 13.0 Å². The number of fused-ring (bicyclic) bond motifs is 1. The van der Waals surface area contributed by atoms with E-state index in [1.165, 1.54) is 24.1 Å². The second kappa shape index (κ2) is 7.53. The van der Waals surface area contributed by atoms with Crippen LogP contribution >= 0.6 is 23.3 Å². The van der Waals surface area contributed by atoms with Crippen molar-refractivity contribution in [2.75, 3.05) is 6.26 Å². The summed E-state index contributed by atoms with van der Waals surface area (Å²) in [7, 11) is 0. The van der Waals surface area contributed by atoms with Gasteiger partial charge in [0.25, 0.3) is 0 Å². The lowest BCUT2D eigenvalue weighted by atomic mass is 10.1. The monoisotopic (exact) mass is 386 g/mol. The summed E-state index contributed by atoms with van der Waals surface area (Å²) in [6.45, 7) is 0.533. The molecule has 0 unspecified atom stereocenters. The van der Waals surface area contributed by atoms with Crippen molar-refractivity contribution >= 4 is 33.5 Å². The van der Waals surface area contributed by atoms with Crippen molar-refractivity contribution in [1.29, 1.82) is 0 Å². The Hall–Kier alpha value is -2.29. The van der Waals surface area contributed by atoms with Gasteiger partial charge in [0, 0.05) is 0 Å². The number of nitrogens with zero attached hydrogens (tertiary/aromatic N) is 3. The van der Waals surface area contributed by atoms with E-state index in [-0.39, 0.29) is 5.82 Å². The zero-order valence-electron chi connectivity index (χ0n) is 13.9. The summed E-state index contributed by atoms with van der Waals surface area (Å²) in [6.07, 6.45) is 2.44. The molecule has 4 aromatic rings. The highest BCUT2D eigenvalue weighted by atomic mass is 32.2. The van der Waals surface area contributed by atoms with Crippen LogP contribution in [0, 0.1) is 5.82 Å². The van der Waals surface area contributed by atoms with E-state index in [0.29, 0.717) is 24.7 Å². The molecule has 0 bridgehead atoms. The summed E-state index contributed by atoms with van der Waals surface area (Å²) in [6, 6.07) is 12.5. The van der Waals surface area contributed by atoms with Gasteiger partial charge < -0.3 is 4.42 Å². The van der Waals surface area contributed by atoms with Crippen molar-refractivity contribution in [1.82, 2.24) is 19.9 Å². The second-order valence-corrected chi connectivity index (χ2v) is 7.40. The molecule has 0 saturated heterocycles. The van der Waals surface area contributed by atoms with Crippen LogP contribution in [-0.4, -0.2) is 21.4 Å². The predicted octanol–water partition coefficient (Wildman–Crippen LogP) is 4.44. The third-order valence-corrected chi connectivity index (χ3v) is 5.22. The Morgan fingerprint density at radius 1 is 1.12 bits per heavy atom. The van der Waals surface area contributed by atoms with E-state index in [9.17, 15) is 4.39 Å². The van der Waals surface area contributed by atoms with Gasteiger partial charge in [-0.15, -0.1) is 21.5 Å². The lowest BCUT2D eigenvalue weighted by Crippen LogP contribution is -2.01. The average Bonchev–Trinajstić information content (AvgIpc) is 3.25. The summed E-state index contributed by atoms with van der Waals surface area (Å²) in [5.41, 5.74) is 2.73. The van der Waals surface area contributed by atoms with Gasteiger partial charge in [-0.05, 0) is 41.6 Å². The van der Waals surface area contributed by atoms with E-state index in [1.807, 2.05) is 30.5 Å². The van der Waals surface area contributed by atoms with Gasteiger partial charge in [0.1, 0.15) is 10.8 Å². The highest BCUT2D eigenvalue weighted by Crippen LogP contribution is 2.29. The summed E-state index contributed by atoms with van der Waals surface area (Å²) in [5.74, 6) is 0.868. The van der Waals surface area contributed by atoms with Crippen LogP contribution in [0.4, 0.5) is 4.39 Å². The fraction of sp³-hybridized carbons (Fsp3) is 0.167. The molecule has 0 atom stereocenters. The molecule has 0 fully saturated rings. The first kappa shape index (κ1) is 17.1. The van der Waals surface area contributed by atoms with E-state index in [1.54, 1.807) is 17.4 Å².